The largest absolute Gasteiger partial charge is 0.351 e. The molecule has 6 nitrogen and oxygen atoms in total. The van der Waals surface area contributed by atoms with Crippen molar-refractivity contribution < 1.29 is 26.9 Å². The lowest BCUT2D eigenvalue weighted by Crippen LogP contribution is -3.19. The highest BCUT2D eigenvalue weighted by Gasteiger charge is 2.35. The van der Waals surface area contributed by atoms with Crippen LogP contribution in [0, 0.1) is 11.6 Å². The quantitative estimate of drug-likeness (QED) is 0.733. The molecule has 1 fully saturated rings. The molecule has 1 atom stereocenters. The maximum atomic E-state index is 13.8. The summed E-state index contributed by atoms with van der Waals surface area (Å²) in [5.74, 6) is -2.00. The maximum Gasteiger partial charge on any atom is 0.278 e. The zero-order valence-electron chi connectivity index (χ0n) is 13.7. The molecule has 0 aliphatic carbocycles. The Morgan fingerprint density at radius 1 is 1.33 bits per heavy atom. The molecular weight excluding hydrogens is 340 g/mol. The Morgan fingerprint density at radius 3 is 2.50 bits per heavy atom. The number of likely N-dealkylation sites (N-methyl/N-ethyl adjacent to an activating group) is 1. The fourth-order valence-electron chi connectivity index (χ4n) is 2.78. The van der Waals surface area contributed by atoms with Crippen molar-refractivity contribution in [3.63, 3.8) is 0 Å². The first kappa shape index (κ1) is 18.8. The molecule has 0 aromatic heterocycles. The highest BCUT2D eigenvalue weighted by atomic mass is 32.2. The van der Waals surface area contributed by atoms with E-state index in [4.69, 9.17) is 0 Å². The molecule has 0 unspecified atom stereocenters. The maximum absolute atomic E-state index is 13.8. The average molecular weight is 362 g/mol. The van der Waals surface area contributed by atoms with E-state index in [1.165, 1.54) is 4.31 Å². The van der Waals surface area contributed by atoms with Crippen LogP contribution in [0.15, 0.2) is 23.1 Å². The molecule has 1 aliphatic heterocycles. The van der Waals surface area contributed by atoms with Gasteiger partial charge in [0.25, 0.3) is 5.91 Å². The van der Waals surface area contributed by atoms with Gasteiger partial charge in [0.05, 0.1) is 26.2 Å². The van der Waals surface area contributed by atoms with Crippen LogP contribution in [0.5, 0.6) is 0 Å². The molecule has 0 saturated carbocycles. The number of nitrogens with zero attached hydrogens (tertiary/aromatic N) is 1. The summed E-state index contributed by atoms with van der Waals surface area (Å²) in [5.41, 5.74) is 0. The predicted octanol–water partition coefficient (Wildman–Crippen LogP) is -0.621. The second kappa shape index (κ2) is 7.54. The van der Waals surface area contributed by atoms with E-state index in [0.717, 1.165) is 17.0 Å². The van der Waals surface area contributed by atoms with Gasteiger partial charge in [-0.15, -0.1) is 0 Å². The third-order valence-corrected chi connectivity index (χ3v) is 6.16. The van der Waals surface area contributed by atoms with Gasteiger partial charge in [-0.05, 0) is 26.0 Å². The number of hydrogen-bond acceptors (Lipinski definition) is 3. The van der Waals surface area contributed by atoms with Crippen LogP contribution in [0.3, 0.4) is 0 Å². The molecule has 0 spiro atoms. The first-order valence-corrected chi connectivity index (χ1v) is 9.29. The smallest absolute Gasteiger partial charge is 0.278 e. The van der Waals surface area contributed by atoms with Crippen molar-refractivity contribution in [1.29, 1.82) is 0 Å². The predicted molar refractivity (Wildman–Crippen MR) is 84.0 cm³/mol. The van der Waals surface area contributed by atoms with Crippen LogP contribution >= 0.6 is 0 Å². The van der Waals surface area contributed by atoms with Crippen molar-refractivity contribution >= 4 is 15.9 Å². The van der Waals surface area contributed by atoms with Crippen LogP contribution in [0.4, 0.5) is 8.78 Å². The molecule has 0 bridgehead atoms. The zero-order chi connectivity index (χ0) is 17.9. The van der Waals surface area contributed by atoms with E-state index in [9.17, 15) is 22.0 Å². The molecule has 0 radical (unpaired) electrons. The van der Waals surface area contributed by atoms with E-state index in [-0.39, 0.29) is 25.0 Å². The van der Waals surface area contributed by atoms with Gasteiger partial charge in [0.15, 0.2) is 6.04 Å². The number of piperazine rings is 1. The molecule has 1 aliphatic rings. The molecule has 1 heterocycles. The van der Waals surface area contributed by atoms with Crippen molar-refractivity contribution in [3.05, 3.63) is 29.8 Å². The van der Waals surface area contributed by atoms with Crippen molar-refractivity contribution in [2.45, 2.75) is 24.8 Å². The number of sulfonamides is 1. The molecular formula is C15H22F2N3O3S+. The lowest BCUT2D eigenvalue weighted by atomic mass is 10.2. The first-order chi connectivity index (χ1) is 11.3. The average Bonchev–Trinajstić information content (AvgIpc) is 2.54. The Morgan fingerprint density at radius 2 is 1.96 bits per heavy atom. The summed E-state index contributed by atoms with van der Waals surface area (Å²) in [7, 11) is -4.01. The number of amides is 1. The van der Waals surface area contributed by atoms with Gasteiger partial charge in [-0.25, -0.2) is 17.2 Å². The number of rotatable bonds is 5. The van der Waals surface area contributed by atoms with E-state index in [1.54, 1.807) is 6.92 Å². The molecule has 1 saturated heterocycles. The SMILES string of the molecule is CCNC(=O)[C@@H](C)[NH+]1CCN(S(=O)(=O)c2ccc(F)cc2F)CC1. The van der Waals surface area contributed by atoms with Gasteiger partial charge < -0.3 is 10.2 Å². The summed E-state index contributed by atoms with van der Waals surface area (Å²) in [6.07, 6.45) is 0. The minimum atomic E-state index is -4.01. The Kier molecular flexibility index (Phi) is 5.89. The fourth-order valence-corrected chi connectivity index (χ4v) is 4.27. The van der Waals surface area contributed by atoms with Gasteiger partial charge in [-0.1, -0.05) is 0 Å². The summed E-state index contributed by atoms with van der Waals surface area (Å²) in [4.78, 5) is 12.3. The van der Waals surface area contributed by atoms with Crippen molar-refractivity contribution in [2.75, 3.05) is 32.7 Å². The lowest BCUT2D eigenvalue weighted by molar-refractivity contribution is -0.917. The van der Waals surface area contributed by atoms with Crippen molar-refractivity contribution in [3.8, 4) is 0 Å². The normalized spacial score (nSPS) is 18.3. The van der Waals surface area contributed by atoms with Crippen LogP contribution in [0.1, 0.15) is 13.8 Å². The minimum absolute atomic E-state index is 0.0756. The van der Waals surface area contributed by atoms with E-state index in [1.807, 2.05) is 6.92 Å². The summed E-state index contributed by atoms with van der Waals surface area (Å²) in [6.45, 7) is 5.42. The third-order valence-electron chi connectivity index (χ3n) is 4.23. The van der Waals surface area contributed by atoms with Crippen LogP contribution in [-0.2, 0) is 14.8 Å². The van der Waals surface area contributed by atoms with Gasteiger partial charge in [0, 0.05) is 12.6 Å². The second-order valence-electron chi connectivity index (χ2n) is 5.75. The minimum Gasteiger partial charge on any atom is -0.351 e. The highest BCUT2D eigenvalue weighted by molar-refractivity contribution is 7.89. The first-order valence-electron chi connectivity index (χ1n) is 7.85. The summed E-state index contributed by atoms with van der Waals surface area (Å²) < 4.78 is 53.0. The van der Waals surface area contributed by atoms with Gasteiger partial charge >= 0.3 is 0 Å². The topological polar surface area (TPSA) is 70.9 Å². The molecule has 1 amide bonds. The number of nitrogens with one attached hydrogen (secondary N) is 2. The standard InChI is InChI=1S/C15H21F2N3O3S/c1-3-18-15(21)11(2)19-6-8-20(9-7-19)24(22,23)14-5-4-12(16)10-13(14)17/h4-5,10-11H,3,6-9H2,1-2H3,(H,18,21)/p+1/t11-/m1/s1. The molecule has 2 rings (SSSR count). The van der Waals surface area contributed by atoms with E-state index >= 15 is 0 Å². The number of carbonyl (C=O) groups is 1. The van der Waals surface area contributed by atoms with Gasteiger partial charge in [0.1, 0.15) is 16.5 Å². The van der Waals surface area contributed by atoms with Gasteiger partial charge in [-0.3, -0.25) is 4.79 Å². The molecule has 2 N–H and O–H groups in total. The van der Waals surface area contributed by atoms with Crippen LogP contribution in [0.2, 0.25) is 0 Å². The zero-order valence-corrected chi connectivity index (χ0v) is 14.5. The highest BCUT2D eigenvalue weighted by Crippen LogP contribution is 2.20. The van der Waals surface area contributed by atoms with Gasteiger partial charge in [-0.2, -0.15) is 4.31 Å². The number of quaternary nitrogens is 1. The number of halogens is 2. The monoisotopic (exact) mass is 362 g/mol. The molecule has 9 heteroatoms. The molecule has 24 heavy (non-hydrogen) atoms. The number of carbonyl (C=O) groups excluding carboxylic acids is 1. The van der Waals surface area contributed by atoms with Crippen molar-refractivity contribution in [2.24, 2.45) is 0 Å². The van der Waals surface area contributed by atoms with E-state index in [2.05, 4.69) is 5.32 Å². The van der Waals surface area contributed by atoms with Crippen LogP contribution in [0.25, 0.3) is 0 Å². The third kappa shape index (κ3) is 3.90. The number of benzene rings is 1. The summed E-state index contributed by atoms with van der Waals surface area (Å²) in [6, 6.07) is 2.15. The Labute approximate surface area is 140 Å². The van der Waals surface area contributed by atoms with Gasteiger partial charge in [0.2, 0.25) is 10.0 Å². The van der Waals surface area contributed by atoms with Crippen molar-refractivity contribution in [1.82, 2.24) is 9.62 Å². The summed E-state index contributed by atoms with van der Waals surface area (Å²) >= 11 is 0. The van der Waals surface area contributed by atoms with E-state index < -0.39 is 26.6 Å². The molecule has 1 aromatic carbocycles. The Balaban J connectivity index is 2.07. The molecule has 1 aromatic rings. The van der Waals surface area contributed by atoms with E-state index in [0.29, 0.717) is 25.7 Å². The van der Waals surface area contributed by atoms with Crippen LogP contribution in [-0.4, -0.2) is 57.4 Å². The number of hydrogen-bond donors (Lipinski definition) is 2. The summed E-state index contributed by atoms with van der Waals surface area (Å²) in [5, 5.41) is 2.75. The lowest BCUT2D eigenvalue weighted by Gasteiger charge is -2.34. The Bertz CT molecular complexity index is 704. The fraction of sp³-hybridized carbons (Fsp3) is 0.533. The molecule has 134 valence electrons. The second-order valence-corrected chi connectivity index (χ2v) is 7.66. The Hall–Kier alpha value is -1.58. The van der Waals surface area contributed by atoms with Crippen LogP contribution < -0.4 is 10.2 Å².